The molecule has 0 atom stereocenters. The molecule has 2 nitrogen and oxygen atoms in total. The molecule has 0 spiro atoms. The molecule has 4 aliphatic carbocycles. The molecule has 0 saturated heterocycles. The lowest BCUT2D eigenvalue weighted by Crippen LogP contribution is -2.16. The standard InChI is InChI=1S/C78H70O2/c1-7-45-39-63-65(77(3,4)67-43-61(51-27-15-17-29-53(51)71(63)67)55-33-21-37-69-73(55)57-35-19-31-49(75(57)79-69)47-23-11-9-12-24-47)41-59(45)60-42-66-64(40-46(60)8-2)72-54-30-18-16-28-52(54)62(44-68(72)78(66,5)6)56-34-22-38-70-74(56)58-36-20-32-50(76(58)80-70)48-25-13-10-14-26-48/h15-22,27-44,47-48H,7-14,23-26H2,1-6H3. The van der Waals surface area contributed by atoms with Crippen LogP contribution < -0.4 is 0 Å². The van der Waals surface area contributed by atoms with E-state index in [-0.39, 0.29) is 10.8 Å². The van der Waals surface area contributed by atoms with Gasteiger partial charge in [0, 0.05) is 32.4 Å². The van der Waals surface area contributed by atoms with Gasteiger partial charge in [-0.1, -0.05) is 201 Å². The Kier molecular flexibility index (Phi) is 10.8. The van der Waals surface area contributed by atoms with Gasteiger partial charge in [0.2, 0.25) is 0 Å². The zero-order chi connectivity index (χ0) is 53.8. The molecule has 12 aromatic rings. The summed E-state index contributed by atoms with van der Waals surface area (Å²) in [5.74, 6) is 1.12. The summed E-state index contributed by atoms with van der Waals surface area (Å²) in [6.45, 7) is 14.6. The van der Waals surface area contributed by atoms with E-state index < -0.39 is 0 Å². The summed E-state index contributed by atoms with van der Waals surface area (Å²) in [6.07, 6.45) is 14.8. The second kappa shape index (κ2) is 17.9. The monoisotopic (exact) mass is 1040 g/mol. The van der Waals surface area contributed by atoms with Gasteiger partial charge in [-0.25, -0.2) is 0 Å². The van der Waals surface area contributed by atoms with Gasteiger partial charge in [-0.2, -0.15) is 0 Å². The van der Waals surface area contributed by atoms with Gasteiger partial charge >= 0.3 is 0 Å². The van der Waals surface area contributed by atoms with E-state index in [1.807, 2.05) is 0 Å². The van der Waals surface area contributed by atoms with Crippen molar-refractivity contribution in [2.45, 2.75) is 141 Å². The Morgan fingerprint density at radius 1 is 0.350 bits per heavy atom. The Balaban J connectivity index is 0.838. The van der Waals surface area contributed by atoms with Crippen molar-refractivity contribution in [1.29, 1.82) is 0 Å². The van der Waals surface area contributed by atoms with Crippen molar-refractivity contribution in [3.05, 3.63) is 202 Å². The van der Waals surface area contributed by atoms with Crippen molar-refractivity contribution in [2.75, 3.05) is 0 Å². The minimum atomic E-state index is -0.250. The van der Waals surface area contributed by atoms with Gasteiger partial charge in [-0.3, -0.25) is 0 Å². The van der Waals surface area contributed by atoms with Gasteiger partial charge in [0.25, 0.3) is 0 Å². The summed E-state index contributed by atoms with van der Waals surface area (Å²) in [6, 6.07) is 61.3. The van der Waals surface area contributed by atoms with Crippen LogP contribution in [-0.4, -0.2) is 0 Å². The molecule has 2 heterocycles. The number of furan rings is 2. The van der Waals surface area contributed by atoms with Gasteiger partial charge in [0.15, 0.2) is 0 Å². The lowest BCUT2D eigenvalue weighted by Gasteiger charge is -2.26. The second-order valence-electron chi connectivity index (χ2n) is 25.5. The van der Waals surface area contributed by atoms with Crippen LogP contribution in [0.4, 0.5) is 0 Å². The average molecular weight is 1040 g/mol. The molecule has 0 bridgehead atoms. The largest absolute Gasteiger partial charge is 0.456 e. The molecule has 2 aromatic heterocycles. The minimum Gasteiger partial charge on any atom is -0.456 e. The molecule has 2 fully saturated rings. The van der Waals surface area contributed by atoms with Crippen LogP contribution in [0.25, 0.3) is 121 Å². The lowest BCUT2D eigenvalue weighted by molar-refractivity contribution is 0.442. The Morgan fingerprint density at radius 3 is 1.14 bits per heavy atom. The van der Waals surface area contributed by atoms with Crippen LogP contribution in [0.2, 0.25) is 0 Å². The Labute approximate surface area is 470 Å². The quantitative estimate of drug-likeness (QED) is 0.159. The molecule has 10 aromatic carbocycles. The highest BCUT2D eigenvalue weighted by atomic mass is 16.3. The van der Waals surface area contributed by atoms with E-state index >= 15 is 0 Å². The third-order valence-electron chi connectivity index (χ3n) is 20.6. The van der Waals surface area contributed by atoms with Crippen LogP contribution >= 0.6 is 0 Å². The van der Waals surface area contributed by atoms with Crippen molar-refractivity contribution in [1.82, 2.24) is 0 Å². The number of hydrogen-bond acceptors (Lipinski definition) is 2. The van der Waals surface area contributed by atoms with Gasteiger partial charge < -0.3 is 8.83 Å². The normalized spacial score (nSPS) is 16.8. The first-order valence-corrected chi connectivity index (χ1v) is 30.5. The van der Waals surface area contributed by atoms with E-state index in [1.165, 1.54) is 207 Å². The predicted molar refractivity (Wildman–Crippen MR) is 338 cm³/mol. The molecule has 16 rings (SSSR count). The molecular formula is C78H70O2. The van der Waals surface area contributed by atoms with Crippen LogP contribution in [0.3, 0.4) is 0 Å². The zero-order valence-electron chi connectivity index (χ0n) is 47.5. The van der Waals surface area contributed by atoms with Crippen LogP contribution in [-0.2, 0) is 23.7 Å². The first-order chi connectivity index (χ1) is 39.1. The van der Waals surface area contributed by atoms with Crippen LogP contribution in [0, 0.1) is 0 Å². The van der Waals surface area contributed by atoms with E-state index in [2.05, 4.69) is 199 Å². The highest BCUT2D eigenvalue weighted by Gasteiger charge is 2.41. The number of hydrogen-bond donors (Lipinski definition) is 0. The molecule has 2 saturated carbocycles. The van der Waals surface area contributed by atoms with Gasteiger partial charge in [-0.05, 0) is 208 Å². The molecule has 0 radical (unpaired) electrons. The van der Waals surface area contributed by atoms with Crippen molar-refractivity contribution in [3.8, 4) is 55.6 Å². The maximum Gasteiger partial charge on any atom is 0.138 e. The smallest absolute Gasteiger partial charge is 0.138 e. The molecule has 394 valence electrons. The molecule has 80 heavy (non-hydrogen) atoms. The maximum absolute atomic E-state index is 6.94. The first kappa shape index (κ1) is 48.2. The number of rotatable bonds is 7. The third kappa shape index (κ3) is 6.84. The third-order valence-corrected chi connectivity index (χ3v) is 20.6. The summed E-state index contributed by atoms with van der Waals surface area (Å²) < 4.78 is 13.9. The van der Waals surface area contributed by atoms with Crippen molar-refractivity contribution in [3.63, 3.8) is 0 Å². The SMILES string of the molecule is CCc1cc2c(cc1-c1cc3c(cc1CC)-c1c(cc(-c4cccc5oc6c(C7CCCCC7)cccc6c45)c4ccccc14)C3(C)C)C(C)(C)c1cc(-c3cccc4oc5c(C6CCCCC6)cccc5c34)c3ccccc3c1-2. The second-order valence-corrected chi connectivity index (χ2v) is 25.5. The van der Waals surface area contributed by atoms with Crippen molar-refractivity contribution >= 4 is 65.4 Å². The maximum atomic E-state index is 6.94. The zero-order valence-corrected chi connectivity index (χ0v) is 47.5. The average Bonchev–Trinajstić information content (AvgIpc) is 4.31. The molecule has 0 N–H and O–H groups in total. The van der Waals surface area contributed by atoms with E-state index in [9.17, 15) is 0 Å². The molecule has 4 aliphatic rings. The van der Waals surface area contributed by atoms with E-state index in [4.69, 9.17) is 8.83 Å². The first-order valence-electron chi connectivity index (χ1n) is 30.5. The van der Waals surface area contributed by atoms with E-state index in [1.54, 1.807) is 0 Å². The molecule has 0 amide bonds. The van der Waals surface area contributed by atoms with E-state index in [0.717, 1.165) is 35.2 Å². The lowest BCUT2D eigenvalue weighted by atomic mass is 9.77. The predicted octanol–water partition coefficient (Wildman–Crippen LogP) is 22.6. The van der Waals surface area contributed by atoms with Crippen molar-refractivity contribution < 1.29 is 8.83 Å². The van der Waals surface area contributed by atoms with Gasteiger partial charge in [0.05, 0.1) is 0 Å². The Hall–Kier alpha value is -7.68. The molecule has 0 unspecified atom stereocenters. The number of para-hydroxylation sites is 2. The van der Waals surface area contributed by atoms with Gasteiger partial charge in [0.1, 0.15) is 22.3 Å². The minimum absolute atomic E-state index is 0.250. The van der Waals surface area contributed by atoms with Crippen LogP contribution in [0.1, 0.15) is 162 Å². The highest BCUT2D eigenvalue weighted by molar-refractivity contribution is 6.20. The molecular weight excluding hydrogens is 969 g/mol. The van der Waals surface area contributed by atoms with Gasteiger partial charge in [-0.15, -0.1) is 0 Å². The summed E-state index contributed by atoms with van der Waals surface area (Å²) in [4.78, 5) is 0. The molecule has 2 heteroatoms. The van der Waals surface area contributed by atoms with E-state index in [0.29, 0.717) is 11.8 Å². The summed E-state index contributed by atoms with van der Waals surface area (Å²) in [7, 11) is 0. The summed E-state index contributed by atoms with van der Waals surface area (Å²) in [5.41, 5.74) is 28.3. The fourth-order valence-corrected chi connectivity index (χ4v) is 16.5. The highest BCUT2D eigenvalue weighted by Crippen LogP contribution is 2.59. The summed E-state index contributed by atoms with van der Waals surface area (Å²) >= 11 is 0. The summed E-state index contributed by atoms with van der Waals surface area (Å²) in [5, 5.41) is 10.2. The number of benzene rings is 10. The number of fused-ring (bicyclic) bond motifs is 16. The fraction of sp³-hybridized carbons (Fsp3) is 0.282. The fourth-order valence-electron chi connectivity index (χ4n) is 16.5. The number of aryl methyl sites for hydroxylation is 2. The Bertz CT molecular complexity index is 4280. The van der Waals surface area contributed by atoms with Crippen molar-refractivity contribution in [2.24, 2.45) is 0 Å². The topological polar surface area (TPSA) is 26.3 Å². The van der Waals surface area contributed by atoms with Crippen LogP contribution in [0.5, 0.6) is 0 Å². The molecule has 0 aliphatic heterocycles. The van der Waals surface area contributed by atoms with Crippen LogP contribution in [0.15, 0.2) is 167 Å². The Morgan fingerprint density at radius 2 is 0.725 bits per heavy atom.